The normalized spacial score (nSPS) is 13.0. The number of likely N-dealkylation sites (N-methyl/N-ethyl adjacent to an activating group) is 1. The van der Waals surface area contributed by atoms with Crippen molar-refractivity contribution in [2.45, 2.75) is 39.7 Å². The summed E-state index contributed by atoms with van der Waals surface area (Å²) in [5, 5.41) is 3.61. The molecule has 1 atom stereocenters. The fourth-order valence-electron chi connectivity index (χ4n) is 2.26. The van der Waals surface area contributed by atoms with E-state index >= 15 is 0 Å². The number of nitrogens with zero attached hydrogens (tertiary/aromatic N) is 1. The number of nitrogens with one attached hydrogen (secondary N) is 1. The van der Waals surface area contributed by atoms with Crippen LogP contribution in [0.25, 0.3) is 0 Å². The standard InChI is InChI=1S/C16H28N2/c1-6-17-16(9-10-18(4)5)12-15-11-13(2)7-8-14(15)3/h7-8,11,16-17H,6,9-10,12H2,1-5H3. The molecule has 1 aromatic rings. The van der Waals surface area contributed by atoms with Crippen LogP contribution in [0.2, 0.25) is 0 Å². The average molecular weight is 248 g/mol. The SMILES string of the molecule is CCNC(CCN(C)C)Cc1cc(C)ccc1C. The van der Waals surface area contributed by atoms with E-state index in [1.54, 1.807) is 0 Å². The Morgan fingerprint density at radius 3 is 2.56 bits per heavy atom. The van der Waals surface area contributed by atoms with E-state index in [0.29, 0.717) is 6.04 Å². The Morgan fingerprint density at radius 2 is 1.94 bits per heavy atom. The van der Waals surface area contributed by atoms with Crippen LogP contribution in [0.3, 0.4) is 0 Å². The second-order valence-electron chi connectivity index (χ2n) is 5.48. The molecule has 0 radical (unpaired) electrons. The molecule has 0 bridgehead atoms. The summed E-state index contributed by atoms with van der Waals surface area (Å²) in [6, 6.07) is 7.34. The molecule has 0 fully saturated rings. The topological polar surface area (TPSA) is 15.3 Å². The third-order valence-electron chi connectivity index (χ3n) is 3.39. The van der Waals surface area contributed by atoms with Crippen molar-refractivity contribution in [1.82, 2.24) is 10.2 Å². The summed E-state index contributed by atoms with van der Waals surface area (Å²) in [5.74, 6) is 0. The van der Waals surface area contributed by atoms with Gasteiger partial charge in [-0.15, -0.1) is 0 Å². The molecule has 1 rings (SSSR count). The maximum atomic E-state index is 3.61. The van der Waals surface area contributed by atoms with Gasteiger partial charge in [0.1, 0.15) is 0 Å². The first kappa shape index (κ1) is 15.2. The Morgan fingerprint density at radius 1 is 1.22 bits per heavy atom. The molecule has 0 aromatic heterocycles. The predicted molar refractivity (Wildman–Crippen MR) is 80.3 cm³/mol. The number of rotatable bonds is 7. The molecule has 102 valence electrons. The smallest absolute Gasteiger partial charge is 0.0120 e. The Kier molecular flexibility index (Phi) is 6.37. The maximum Gasteiger partial charge on any atom is 0.0120 e. The largest absolute Gasteiger partial charge is 0.314 e. The van der Waals surface area contributed by atoms with Gasteiger partial charge >= 0.3 is 0 Å². The van der Waals surface area contributed by atoms with E-state index in [1.165, 1.54) is 23.1 Å². The molecule has 1 N–H and O–H groups in total. The lowest BCUT2D eigenvalue weighted by atomic mass is 9.97. The second-order valence-corrected chi connectivity index (χ2v) is 5.48. The van der Waals surface area contributed by atoms with Crippen LogP contribution in [0.15, 0.2) is 18.2 Å². The summed E-state index contributed by atoms with van der Waals surface area (Å²) >= 11 is 0. The zero-order valence-electron chi connectivity index (χ0n) is 12.6. The van der Waals surface area contributed by atoms with Crippen LogP contribution in [-0.2, 0) is 6.42 Å². The monoisotopic (exact) mass is 248 g/mol. The Hall–Kier alpha value is -0.860. The zero-order chi connectivity index (χ0) is 13.5. The van der Waals surface area contributed by atoms with Gasteiger partial charge in [0.15, 0.2) is 0 Å². The van der Waals surface area contributed by atoms with Crippen molar-refractivity contribution in [3.63, 3.8) is 0 Å². The highest BCUT2D eigenvalue weighted by atomic mass is 15.1. The molecule has 0 heterocycles. The molecule has 18 heavy (non-hydrogen) atoms. The number of hydrogen-bond donors (Lipinski definition) is 1. The molecular weight excluding hydrogens is 220 g/mol. The van der Waals surface area contributed by atoms with Crippen LogP contribution in [-0.4, -0.2) is 38.1 Å². The summed E-state index contributed by atoms with van der Waals surface area (Å²) in [6.45, 7) is 8.76. The van der Waals surface area contributed by atoms with E-state index in [2.05, 4.69) is 63.3 Å². The summed E-state index contributed by atoms with van der Waals surface area (Å²) in [5.41, 5.74) is 4.26. The highest BCUT2D eigenvalue weighted by Gasteiger charge is 2.10. The van der Waals surface area contributed by atoms with Crippen LogP contribution in [0.5, 0.6) is 0 Å². The molecule has 0 saturated heterocycles. The van der Waals surface area contributed by atoms with Crippen molar-refractivity contribution < 1.29 is 0 Å². The van der Waals surface area contributed by atoms with Gasteiger partial charge in [0, 0.05) is 6.04 Å². The zero-order valence-corrected chi connectivity index (χ0v) is 12.6. The van der Waals surface area contributed by atoms with Gasteiger partial charge in [-0.25, -0.2) is 0 Å². The number of hydrogen-bond acceptors (Lipinski definition) is 2. The van der Waals surface area contributed by atoms with Crippen LogP contribution >= 0.6 is 0 Å². The van der Waals surface area contributed by atoms with Crippen molar-refractivity contribution >= 4 is 0 Å². The Labute approximate surface area is 112 Å². The molecule has 2 heteroatoms. The molecule has 0 aliphatic heterocycles. The average Bonchev–Trinajstić information content (AvgIpc) is 2.31. The van der Waals surface area contributed by atoms with E-state index in [1.807, 2.05) is 0 Å². The summed E-state index contributed by atoms with van der Waals surface area (Å²) in [4.78, 5) is 2.26. The predicted octanol–water partition coefficient (Wildman–Crippen LogP) is 2.78. The highest BCUT2D eigenvalue weighted by molar-refractivity contribution is 5.31. The first-order valence-corrected chi connectivity index (χ1v) is 6.97. The van der Waals surface area contributed by atoms with E-state index in [4.69, 9.17) is 0 Å². The minimum Gasteiger partial charge on any atom is -0.314 e. The summed E-state index contributed by atoms with van der Waals surface area (Å²) < 4.78 is 0. The van der Waals surface area contributed by atoms with Gasteiger partial charge in [0.25, 0.3) is 0 Å². The lowest BCUT2D eigenvalue weighted by molar-refractivity contribution is 0.358. The van der Waals surface area contributed by atoms with Crippen molar-refractivity contribution in [2.75, 3.05) is 27.2 Å². The molecule has 1 aromatic carbocycles. The van der Waals surface area contributed by atoms with E-state index in [9.17, 15) is 0 Å². The summed E-state index contributed by atoms with van der Waals surface area (Å²) in [7, 11) is 4.28. The van der Waals surface area contributed by atoms with Gasteiger partial charge in [-0.2, -0.15) is 0 Å². The van der Waals surface area contributed by atoms with Gasteiger partial charge in [0.05, 0.1) is 0 Å². The van der Waals surface area contributed by atoms with Gasteiger partial charge in [-0.3, -0.25) is 0 Å². The number of benzene rings is 1. The van der Waals surface area contributed by atoms with E-state index in [0.717, 1.165) is 19.5 Å². The second kappa shape index (κ2) is 7.55. The maximum absolute atomic E-state index is 3.61. The first-order valence-electron chi connectivity index (χ1n) is 6.97. The lowest BCUT2D eigenvalue weighted by Crippen LogP contribution is -2.34. The van der Waals surface area contributed by atoms with E-state index in [-0.39, 0.29) is 0 Å². The molecule has 0 spiro atoms. The van der Waals surface area contributed by atoms with E-state index < -0.39 is 0 Å². The first-order chi connectivity index (χ1) is 8.52. The van der Waals surface area contributed by atoms with Crippen LogP contribution < -0.4 is 5.32 Å². The molecule has 2 nitrogen and oxygen atoms in total. The van der Waals surface area contributed by atoms with Gasteiger partial charge < -0.3 is 10.2 Å². The quantitative estimate of drug-likeness (QED) is 0.798. The summed E-state index contributed by atoms with van der Waals surface area (Å²) in [6.07, 6.45) is 2.34. The Balaban J connectivity index is 2.66. The lowest BCUT2D eigenvalue weighted by Gasteiger charge is -2.21. The third-order valence-corrected chi connectivity index (χ3v) is 3.39. The molecular formula is C16H28N2. The van der Waals surface area contributed by atoms with Gasteiger partial charge in [-0.05, 0) is 65.0 Å². The van der Waals surface area contributed by atoms with Crippen LogP contribution in [0.1, 0.15) is 30.0 Å². The third kappa shape index (κ3) is 5.19. The fourth-order valence-corrected chi connectivity index (χ4v) is 2.26. The van der Waals surface area contributed by atoms with Crippen molar-refractivity contribution in [1.29, 1.82) is 0 Å². The van der Waals surface area contributed by atoms with Gasteiger partial charge in [0.2, 0.25) is 0 Å². The van der Waals surface area contributed by atoms with Gasteiger partial charge in [-0.1, -0.05) is 30.7 Å². The Bertz CT molecular complexity index is 358. The van der Waals surface area contributed by atoms with Crippen LogP contribution in [0, 0.1) is 13.8 Å². The van der Waals surface area contributed by atoms with Crippen molar-refractivity contribution in [3.8, 4) is 0 Å². The minimum atomic E-state index is 0.581. The van der Waals surface area contributed by atoms with Crippen LogP contribution in [0.4, 0.5) is 0 Å². The van der Waals surface area contributed by atoms with Crippen molar-refractivity contribution in [3.05, 3.63) is 34.9 Å². The molecule has 0 saturated carbocycles. The number of aryl methyl sites for hydroxylation is 2. The molecule has 0 amide bonds. The molecule has 1 unspecified atom stereocenters. The minimum absolute atomic E-state index is 0.581. The molecule has 0 aliphatic carbocycles. The molecule has 0 aliphatic rings. The van der Waals surface area contributed by atoms with Crippen molar-refractivity contribution in [2.24, 2.45) is 0 Å². The fraction of sp³-hybridized carbons (Fsp3) is 0.625. The highest BCUT2D eigenvalue weighted by Crippen LogP contribution is 2.14.